The predicted octanol–water partition coefficient (Wildman–Crippen LogP) is 0.994. The first-order chi connectivity index (χ1) is 7.50. The Labute approximate surface area is 97.6 Å². The van der Waals surface area contributed by atoms with Crippen molar-refractivity contribution in [1.29, 1.82) is 5.26 Å². The molecule has 1 rings (SSSR count). The Morgan fingerprint density at radius 2 is 2.19 bits per heavy atom. The average Bonchev–Trinajstić information content (AvgIpc) is 2.18. The molecule has 1 amide bonds. The van der Waals surface area contributed by atoms with Gasteiger partial charge in [0.25, 0.3) is 0 Å². The van der Waals surface area contributed by atoms with Gasteiger partial charge in [0.2, 0.25) is 5.91 Å². The molecule has 0 saturated heterocycles. The van der Waals surface area contributed by atoms with E-state index in [0.717, 1.165) is 13.0 Å². The van der Waals surface area contributed by atoms with Gasteiger partial charge in [0, 0.05) is 6.54 Å². The first kappa shape index (κ1) is 13.0. The molecule has 4 heteroatoms. The maximum atomic E-state index is 11.8. The standard InChI is InChI=1S/C12H21N3O/c1-10-7-12(8-10,9-13)11(16)14-5-4-6-15(2)3/h10H,4-8H2,1-3H3,(H,14,16). The summed E-state index contributed by atoms with van der Waals surface area (Å²) in [6.07, 6.45) is 2.35. The molecule has 1 N–H and O–H groups in total. The molecule has 0 heterocycles. The molecule has 1 saturated carbocycles. The summed E-state index contributed by atoms with van der Waals surface area (Å²) in [5.74, 6) is 0.430. The normalized spacial score (nSPS) is 28.3. The summed E-state index contributed by atoms with van der Waals surface area (Å²) in [4.78, 5) is 13.9. The molecule has 4 nitrogen and oxygen atoms in total. The summed E-state index contributed by atoms with van der Waals surface area (Å²) in [5.41, 5.74) is -0.725. The van der Waals surface area contributed by atoms with Gasteiger partial charge in [-0.3, -0.25) is 4.79 Å². The zero-order chi connectivity index (χ0) is 12.2. The van der Waals surface area contributed by atoms with Crippen LogP contribution in [0.4, 0.5) is 0 Å². The lowest BCUT2D eigenvalue weighted by Crippen LogP contribution is -2.48. The number of hydrogen-bond donors (Lipinski definition) is 1. The van der Waals surface area contributed by atoms with Crippen molar-refractivity contribution in [1.82, 2.24) is 10.2 Å². The van der Waals surface area contributed by atoms with Crippen molar-refractivity contribution in [3.8, 4) is 6.07 Å². The van der Waals surface area contributed by atoms with E-state index in [1.54, 1.807) is 0 Å². The molecule has 90 valence electrons. The molecule has 1 aliphatic carbocycles. The maximum absolute atomic E-state index is 11.8. The molecule has 0 aromatic heterocycles. The largest absolute Gasteiger partial charge is 0.355 e. The highest BCUT2D eigenvalue weighted by molar-refractivity contribution is 5.86. The lowest BCUT2D eigenvalue weighted by molar-refractivity contribution is -0.133. The quantitative estimate of drug-likeness (QED) is 0.707. The number of nitrogens with zero attached hydrogens (tertiary/aromatic N) is 2. The van der Waals surface area contributed by atoms with E-state index in [0.29, 0.717) is 25.3 Å². The Hall–Kier alpha value is -1.08. The van der Waals surface area contributed by atoms with Gasteiger partial charge in [-0.25, -0.2) is 0 Å². The lowest BCUT2D eigenvalue weighted by Gasteiger charge is -2.39. The van der Waals surface area contributed by atoms with E-state index in [4.69, 9.17) is 5.26 Å². The number of carbonyl (C=O) groups is 1. The van der Waals surface area contributed by atoms with Crippen molar-refractivity contribution in [2.45, 2.75) is 26.2 Å². The number of amides is 1. The van der Waals surface area contributed by atoms with E-state index in [9.17, 15) is 4.79 Å². The number of hydrogen-bond acceptors (Lipinski definition) is 3. The van der Waals surface area contributed by atoms with E-state index >= 15 is 0 Å². The smallest absolute Gasteiger partial charge is 0.240 e. The second kappa shape index (κ2) is 5.31. The fraction of sp³-hybridized carbons (Fsp3) is 0.833. The van der Waals surface area contributed by atoms with Gasteiger partial charge >= 0.3 is 0 Å². The molecule has 1 fully saturated rings. The monoisotopic (exact) mass is 223 g/mol. The molecule has 0 atom stereocenters. The van der Waals surface area contributed by atoms with Crippen molar-refractivity contribution in [3.05, 3.63) is 0 Å². The minimum Gasteiger partial charge on any atom is -0.355 e. The van der Waals surface area contributed by atoms with Gasteiger partial charge in [0.15, 0.2) is 0 Å². The van der Waals surface area contributed by atoms with Gasteiger partial charge in [-0.05, 0) is 45.8 Å². The van der Waals surface area contributed by atoms with Crippen LogP contribution in [0.2, 0.25) is 0 Å². The summed E-state index contributed by atoms with van der Waals surface area (Å²) in [6.45, 7) is 3.69. The third kappa shape index (κ3) is 2.96. The zero-order valence-electron chi connectivity index (χ0n) is 10.4. The minimum atomic E-state index is -0.725. The van der Waals surface area contributed by atoms with Crippen molar-refractivity contribution < 1.29 is 4.79 Å². The van der Waals surface area contributed by atoms with Crippen LogP contribution in [0.15, 0.2) is 0 Å². The third-order valence-corrected chi connectivity index (χ3v) is 3.11. The Balaban J connectivity index is 2.27. The Kier molecular flexibility index (Phi) is 4.31. The van der Waals surface area contributed by atoms with Crippen LogP contribution in [-0.2, 0) is 4.79 Å². The van der Waals surface area contributed by atoms with Crippen LogP contribution < -0.4 is 5.32 Å². The Morgan fingerprint density at radius 1 is 1.56 bits per heavy atom. The summed E-state index contributed by atoms with van der Waals surface area (Å²) >= 11 is 0. The van der Waals surface area contributed by atoms with Crippen LogP contribution in [0.25, 0.3) is 0 Å². The number of nitrogens with one attached hydrogen (secondary N) is 1. The molecule has 0 bridgehead atoms. The van der Waals surface area contributed by atoms with Gasteiger partial charge in [-0.1, -0.05) is 6.92 Å². The van der Waals surface area contributed by atoms with Crippen molar-refractivity contribution in [3.63, 3.8) is 0 Å². The second-order valence-corrected chi connectivity index (χ2v) is 5.12. The van der Waals surface area contributed by atoms with Crippen molar-refractivity contribution >= 4 is 5.91 Å². The highest BCUT2D eigenvalue weighted by atomic mass is 16.2. The number of carbonyl (C=O) groups excluding carboxylic acids is 1. The van der Waals surface area contributed by atoms with E-state index in [-0.39, 0.29) is 5.91 Å². The lowest BCUT2D eigenvalue weighted by atomic mass is 9.63. The van der Waals surface area contributed by atoms with Crippen LogP contribution in [-0.4, -0.2) is 38.0 Å². The average molecular weight is 223 g/mol. The van der Waals surface area contributed by atoms with E-state index in [1.807, 2.05) is 14.1 Å². The predicted molar refractivity (Wildman–Crippen MR) is 62.6 cm³/mol. The number of nitriles is 1. The first-order valence-electron chi connectivity index (χ1n) is 5.84. The maximum Gasteiger partial charge on any atom is 0.240 e. The van der Waals surface area contributed by atoms with E-state index < -0.39 is 5.41 Å². The van der Waals surface area contributed by atoms with E-state index in [1.165, 1.54) is 0 Å². The summed E-state index contributed by atoms with van der Waals surface area (Å²) < 4.78 is 0. The SMILES string of the molecule is CC1CC(C#N)(C(=O)NCCCN(C)C)C1. The van der Waals surface area contributed by atoms with Crippen molar-refractivity contribution in [2.75, 3.05) is 27.2 Å². The Bertz CT molecular complexity index is 287. The summed E-state index contributed by atoms with van der Waals surface area (Å²) in [7, 11) is 4.01. The molecule has 0 spiro atoms. The van der Waals surface area contributed by atoms with Crippen molar-refractivity contribution in [2.24, 2.45) is 11.3 Å². The fourth-order valence-corrected chi connectivity index (χ4v) is 2.22. The zero-order valence-corrected chi connectivity index (χ0v) is 10.4. The van der Waals surface area contributed by atoms with Crippen LogP contribution in [0.5, 0.6) is 0 Å². The second-order valence-electron chi connectivity index (χ2n) is 5.12. The van der Waals surface area contributed by atoms with Crippen LogP contribution >= 0.6 is 0 Å². The molecule has 0 radical (unpaired) electrons. The van der Waals surface area contributed by atoms with Gasteiger partial charge < -0.3 is 10.2 Å². The topological polar surface area (TPSA) is 56.1 Å². The van der Waals surface area contributed by atoms with Gasteiger partial charge in [0.05, 0.1) is 6.07 Å². The van der Waals surface area contributed by atoms with Gasteiger partial charge in [-0.15, -0.1) is 0 Å². The molecule has 0 unspecified atom stereocenters. The number of rotatable bonds is 5. The van der Waals surface area contributed by atoms with Crippen LogP contribution in [0, 0.1) is 22.7 Å². The highest BCUT2D eigenvalue weighted by Crippen LogP contribution is 2.44. The molecular weight excluding hydrogens is 202 g/mol. The molecule has 16 heavy (non-hydrogen) atoms. The summed E-state index contributed by atoms with van der Waals surface area (Å²) in [5, 5.41) is 11.9. The van der Waals surface area contributed by atoms with Crippen LogP contribution in [0.1, 0.15) is 26.2 Å². The molecule has 0 aliphatic heterocycles. The molecule has 1 aliphatic rings. The highest BCUT2D eigenvalue weighted by Gasteiger charge is 2.48. The molecular formula is C12H21N3O. The van der Waals surface area contributed by atoms with Gasteiger partial charge in [0.1, 0.15) is 5.41 Å². The third-order valence-electron chi connectivity index (χ3n) is 3.11. The minimum absolute atomic E-state index is 0.0770. The molecule has 0 aromatic carbocycles. The first-order valence-corrected chi connectivity index (χ1v) is 5.84. The summed E-state index contributed by atoms with van der Waals surface area (Å²) in [6, 6.07) is 2.17. The van der Waals surface area contributed by atoms with Gasteiger partial charge in [-0.2, -0.15) is 5.26 Å². The van der Waals surface area contributed by atoms with Crippen LogP contribution in [0.3, 0.4) is 0 Å². The Morgan fingerprint density at radius 3 is 2.62 bits per heavy atom. The molecule has 0 aromatic rings. The fourth-order valence-electron chi connectivity index (χ4n) is 2.22. The van der Waals surface area contributed by atoms with E-state index in [2.05, 4.69) is 23.2 Å².